The van der Waals surface area contributed by atoms with Gasteiger partial charge >= 0.3 is 0 Å². The molecular weight excluding hydrogens is 583 g/mol. The summed E-state index contributed by atoms with van der Waals surface area (Å²) in [6, 6.07) is 49.8. The Morgan fingerprint density at radius 3 is 1.73 bits per heavy atom. The smallest absolute Gasteiger partial charge is 0.164 e. The van der Waals surface area contributed by atoms with Crippen molar-refractivity contribution >= 4 is 32.3 Å². The highest BCUT2D eigenvalue weighted by molar-refractivity contribution is 6.11. The van der Waals surface area contributed by atoms with Gasteiger partial charge in [-0.1, -0.05) is 155 Å². The molecule has 0 spiro atoms. The van der Waals surface area contributed by atoms with Gasteiger partial charge in [-0.3, -0.25) is 0 Å². The predicted molar refractivity (Wildman–Crippen MR) is 200 cm³/mol. The molecule has 1 heterocycles. The molecule has 1 aliphatic rings. The van der Waals surface area contributed by atoms with Crippen LogP contribution in [0.2, 0.25) is 0 Å². The van der Waals surface area contributed by atoms with Crippen molar-refractivity contribution in [1.29, 1.82) is 0 Å². The highest BCUT2D eigenvalue weighted by Crippen LogP contribution is 2.56. The van der Waals surface area contributed by atoms with Crippen LogP contribution >= 0.6 is 0 Å². The van der Waals surface area contributed by atoms with Gasteiger partial charge in [-0.05, 0) is 72.1 Å². The van der Waals surface area contributed by atoms with E-state index in [9.17, 15) is 0 Å². The van der Waals surface area contributed by atoms with Gasteiger partial charge in [-0.15, -0.1) is 0 Å². The van der Waals surface area contributed by atoms with Crippen molar-refractivity contribution in [2.24, 2.45) is 0 Å². The Bertz CT molecular complexity index is 2560. The number of rotatable bonds is 3. The number of hydrogen-bond donors (Lipinski definition) is 0. The molecule has 1 aromatic heterocycles. The molecule has 7 aromatic carbocycles. The van der Waals surface area contributed by atoms with Crippen molar-refractivity contribution < 1.29 is 0 Å². The van der Waals surface area contributed by atoms with Crippen molar-refractivity contribution in [3.63, 3.8) is 0 Å². The Labute approximate surface area is 281 Å². The lowest BCUT2D eigenvalue weighted by molar-refractivity contribution is 0.301. The first kappa shape index (κ1) is 28.5. The second-order valence-corrected chi connectivity index (χ2v) is 14.1. The second kappa shape index (κ2) is 10.4. The lowest BCUT2D eigenvalue weighted by Crippen LogP contribution is -2.43. The molecule has 0 radical (unpaired) electrons. The van der Waals surface area contributed by atoms with Gasteiger partial charge in [0, 0.05) is 22.1 Å². The van der Waals surface area contributed by atoms with E-state index in [0.29, 0.717) is 17.5 Å². The maximum absolute atomic E-state index is 5.14. The van der Waals surface area contributed by atoms with Crippen molar-refractivity contribution in [2.45, 2.75) is 38.5 Å². The summed E-state index contributed by atoms with van der Waals surface area (Å²) < 4.78 is 0. The zero-order valence-electron chi connectivity index (χ0n) is 27.6. The quantitative estimate of drug-likeness (QED) is 0.185. The summed E-state index contributed by atoms with van der Waals surface area (Å²) in [5, 5.41) is 7.55. The highest BCUT2D eigenvalue weighted by atomic mass is 15.0. The maximum Gasteiger partial charge on any atom is 0.164 e. The molecule has 3 heteroatoms. The SMILES string of the molecule is CC1(C)c2ccc(-c3nc(-c4ccccc4)nc(-c4ccc5ccccc5c4)n3)cc2-c2ccc3c(ccc4ccccc43)c2C1(C)C. The normalized spacial score (nSPS) is 14.6. The van der Waals surface area contributed by atoms with E-state index < -0.39 is 0 Å². The van der Waals surface area contributed by atoms with E-state index >= 15 is 0 Å². The van der Waals surface area contributed by atoms with Crippen LogP contribution in [-0.4, -0.2) is 15.0 Å². The molecular formula is C45H35N3. The number of nitrogens with zero attached hydrogens (tertiary/aromatic N) is 3. The van der Waals surface area contributed by atoms with Crippen LogP contribution in [0.3, 0.4) is 0 Å². The van der Waals surface area contributed by atoms with Gasteiger partial charge in [0.2, 0.25) is 0 Å². The van der Waals surface area contributed by atoms with Crippen LogP contribution in [0.5, 0.6) is 0 Å². The van der Waals surface area contributed by atoms with E-state index in [1.807, 2.05) is 18.2 Å². The predicted octanol–water partition coefficient (Wildman–Crippen LogP) is 11.6. The fourth-order valence-electron chi connectivity index (χ4n) is 7.77. The molecule has 0 amide bonds. The average molecular weight is 618 g/mol. The molecule has 0 saturated heterocycles. The summed E-state index contributed by atoms with van der Waals surface area (Å²) >= 11 is 0. The Morgan fingerprint density at radius 2 is 0.958 bits per heavy atom. The minimum atomic E-state index is -0.127. The summed E-state index contributed by atoms with van der Waals surface area (Å²) in [5.41, 5.74) is 7.95. The maximum atomic E-state index is 5.14. The van der Waals surface area contributed by atoms with Crippen LogP contribution < -0.4 is 0 Å². The van der Waals surface area contributed by atoms with Gasteiger partial charge in [-0.25, -0.2) is 15.0 Å². The molecule has 0 atom stereocenters. The van der Waals surface area contributed by atoms with Gasteiger partial charge in [-0.2, -0.15) is 0 Å². The number of hydrogen-bond acceptors (Lipinski definition) is 3. The standard InChI is InChI=1S/C45H35N3/c1-44(2)39-25-21-33(27-38(39)37-24-23-35-34-17-11-10-13-29(34)20-22-36(35)40(37)45(44,3)4)43-47-41(30-14-6-5-7-15-30)46-42(48-43)32-19-18-28-12-8-9-16-31(28)26-32/h5-27H,1-4H3. The molecule has 0 bridgehead atoms. The summed E-state index contributed by atoms with van der Waals surface area (Å²) in [4.78, 5) is 15.2. The van der Waals surface area contributed by atoms with Crippen LogP contribution in [0, 0.1) is 0 Å². The van der Waals surface area contributed by atoms with Gasteiger partial charge in [0.1, 0.15) is 0 Å². The monoisotopic (exact) mass is 617 g/mol. The lowest BCUT2D eigenvalue weighted by Gasteiger charge is -2.49. The molecule has 1 aliphatic carbocycles. The Hall–Kier alpha value is -5.67. The molecule has 0 saturated carbocycles. The minimum absolute atomic E-state index is 0.115. The van der Waals surface area contributed by atoms with E-state index in [4.69, 9.17) is 15.0 Å². The van der Waals surface area contributed by atoms with E-state index in [1.165, 1.54) is 49.2 Å². The van der Waals surface area contributed by atoms with Crippen LogP contribution in [0.25, 0.3) is 77.6 Å². The second-order valence-electron chi connectivity index (χ2n) is 14.1. The first-order valence-corrected chi connectivity index (χ1v) is 16.7. The fraction of sp³-hybridized carbons (Fsp3) is 0.133. The van der Waals surface area contributed by atoms with Crippen LogP contribution in [0.4, 0.5) is 0 Å². The van der Waals surface area contributed by atoms with Gasteiger partial charge in [0.25, 0.3) is 0 Å². The molecule has 48 heavy (non-hydrogen) atoms. The summed E-state index contributed by atoms with van der Waals surface area (Å²) in [6.45, 7) is 9.60. The van der Waals surface area contributed by atoms with E-state index in [0.717, 1.165) is 22.1 Å². The third kappa shape index (κ3) is 4.24. The van der Waals surface area contributed by atoms with Gasteiger partial charge in [0.15, 0.2) is 17.5 Å². The largest absolute Gasteiger partial charge is 0.208 e. The molecule has 230 valence electrons. The Morgan fingerprint density at radius 1 is 0.375 bits per heavy atom. The van der Waals surface area contributed by atoms with Gasteiger partial charge in [0.05, 0.1) is 0 Å². The first-order chi connectivity index (χ1) is 23.3. The van der Waals surface area contributed by atoms with Gasteiger partial charge < -0.3 is 0 Å². The number of fused-ring (bicyclic) bond motifs is 8. The highest BCUT2D eigenvalue weighted by Gasteiger charge is 2.46. The first-order valence-electron chi connectivity index (χ1n) is 16.7. The molecule has 0 aliphatic heterocycles. The molecule has 0 unspecified atom stereocenters. The fourth-order valence-corrected chi connectivity index (χ4v) is 7.77. The van der Waals surface area contributed by atoms with Crippen molar-refractivity contribution in [3.8, 4) is 45.3 Å². The summed E-state index contributed by atoms with van der Waals surface area (Å²) in [5.74, 6) is 2.01. The zero-order valence-corrected chi connectivity index (χ0v) is 27.6. The van der Waals surface area contributed by atoms with E-state index in [1.54, 1.807) is 0 Å². The topological polar surface area (TPSA) is 38.7 Å². The van der Waals surface area contributed by atoms with Crippen molar-refractivity contribution in [1.82, 2.24) is 15.0 Å². The van der Waals surface area contributed by atoms with E-state index in [-0.39, 0.29) is 10.8 Å². The molecule has 9 rings (SSSR count). The lowest BCUT2D eigenvalue weighted by atomic mass is 9.54. The van der Waals surface area contributed by atoms with Crippen LogP contribution in [0.1, 0.15) is 38.8 Å². The number of benzene rings is 7. The molecule has 0 fully saturated rings. The third-order valence-corrected chi connectivity index (χ3v) is 11.0. The molecule has 8 aromatic rings. The minimum Gasteiger partial charge on any atom is -0.208 e. The molecule has 0 N–H and O–H groups in total. The van der Waals surface area contributed by atoms with Crippen LogP contribution in [0.15, 0.2) is 140 Å². The third-order valence-electron chi connectivity index (χ3n) is 11.0. The molecule has 3 nitrogen and oxygen atoms in total. The average Bonchev–Trinajstić information content (AvgIpc) is 3.13. The zero-order chi connectivity index (χ0) is 32.6. The summed E-state index contributed by atoms with van der Waals surface area (Å²) in [6.07, 6.45) is 0. The Kier molecular flexibility index (Phi) is 6.20. The Balaban J connectivity index is 1.27. The van der Waals surface area contributed by atoms with Crippen molar-refractivity contribution in [3.05, 3.63) is 151 Å². The number of aromatic nitrogens is 3. The van der Waals surface area contributed by atoms with Crippen LogP contribution in [-0.2, 0) is 10.8 Å². The van der Waals surface area contributed by atoms with Crippen molar-refractivity contribution in [2.75, 3.05) is 0 Å². The van der Waals surface area contributed by atoms with E-state index in [2.05, 4.69) is 149 Å². The summed E-state index contributed by atoms with van der Waals surface area (Å²) in [7, 11) is 0.